The molecule has 0 amide bonds. The fraction of sp³-hybridized carbons (Fsp3) is 0.143. The average Bonchev–Trinajstić information content (AvgIpc) is 2.32. The number of benzene rings is 2. The number of ether oxygens (including phenoxy) is 1. The maximum absolute atomic E-state index is 13.3. The van der Waals surface area contributed by atoms with Crippen molar-refractivity contribution in [2.24, 2.45) is 0 Å². The minimum absolute atomic E-state index is 0.281. The molecule has 0 aliphatic rings. The molecular weight excluding hydrogens is 253 g/mol. The van der Waals surface area contributed by atoms with Gasteiger partial charge in [0.05, 0.1) is 0 Å². The second-order valence-corrected chi connectivity index (χ2v) is 4.48. The van der Waals surface area contributed by atoms with E-state index in [0.29, 0.717) is 22.0 Å². The van der Waals surface area contributed by atoms with Crippen LogP contribution in [0.4, 0.5) is 10.1 Å². The van der Waals surface area contributed by atoms with Crippen LogP contribution >= 0.6 is 11.6 Å². The molecule has 0 atom stereocenters. The highest BCUT2D eigenvalue weighted by Gasteiger charge is 2.03. The number of hydrogen-bond acceptors (Lipinski definition) is 2. The molecule has 0 radical (unpaired) electrons. The summed E-state index contributed by atoms with van der Waals surface area (Å²) in [6.07, 6.45) is 0. The van der Waals surface area contributed by atoms with E-state index in [0.717, 1.165) is 5.56 Å². The van der Waals surface area contributed by atoms with E-state index in [1.165, 1.54) is 6.07 Å². The van der Waals surface area contributed by atoms with Crippen LogP contribution in [0.2, 0.25) is 5.02 Å². The summed E-state index contributed by atoms with van der Waals surface area (Å²) in [4.78, 5) is 0. The molecule has 4 heteroatoms. The Labute approximate surface area is 110 Å². The average molecular weight is 266 g/mol. The first kappa shape index (κ1) is 12.7. The van der Waals surface area contributed by atoms with Crippen molar-refractivity contribution in [3.8, 4) is 5.75 Å². The van der Waals surface area contributed by atoms with Gasteiger partial charge in [-0.3, -0.25) is 0 Å². The lowest BCUT2D eigenvalue weighted by Crippen LogP contribution is -2.00. The quantitative estimate of drug-likeness (QED) is 0.853. The van der Waals surface area contributed by atoms with E-state index in [4.69, 9.17) is 22.1 Å². The lowest BCUT2D eigenvalue weighted by Gasteiger charge is -2.09. The van der Waals surface area contributed by atoms with Crippen LogP contribution in [-0.2, 0) is 6.61 Å². The summed E-state index contributed by atoms with van der Waals surface area (Å²) >= 11 is 5.80. The number of halogens is 2. The Morgan fingerprint density at radius 1 is 1.22 bits per heavy atom. The Morgan fingerprint density at radius 2 is 2.00 bits per heavy atom. The van der Waals surface area contributed by atoms with Gasteiger partial charge in [-0.1, -0.05) is 23.7 Å². The number of anilines is 1. The van der Waals surface area contributed by atoms with E-state index in [2.05, 4.69) is 0 Å². The Hall–Kier alpha value is -1.74. The van der Waals surface area contributed by atoms with Crippen LogP contribution in [0.5, 0.6) is 5.75 Å². The molecule has 0 aliphatic heterocycles. The Bertz CT molecular complexity index is 572. The molecule has 2 aromatic rings. The van der Waals surface area contributed by atoms with Crippen LogP contribution in [0.3, 0.4) is 0 Å². The molecule has 2 nitrogen and oxygen atoms in total. The van der Waals surface area contributed by atoms with E-state index in [9.17, 15) is 4.39 Å². The first-order valence-electron chi connectivity index (χ1n) is 5.49. The van der Waals surface area contributed by atoms with Gasteiger partial charge < -0.3 is 10.5 Å². The van der Waals surface area contributed by atoms with E-state index in [1.54, 1.807) is 37.3 Å². The van der Waals surface area contributed by atoms with Gasteiger partial charge in [0, 0.05) is 22.3 Å². The number of aryl methyl sites for hydroxylation is 1. The van der Waals surface area contributed by atoms with Crippen molar-refractivity contribution in [2.45, 2.75) is 13.5 Å². The maximum atomic E-state index is 13.3. The molecule has 2 aromatic carbocycles. The summed E-state index contributed by atoms with van der Waals surface area (Å²) in [5.41, 5.74) is 7.78. The topological polar surface area (TPSA) is 35.2 Å². The molecular formula is C14H13ClFNO. The predicted octanol–water partition coefficient (Wildman–Crippen LogP) is 3.95. The molecule has 0 heterocycles. The second kappa shape index (κ2) is 5.27. The van der Waals surface area contributed by atoms with Crippen molar-refractivity contribution in [3.63, 3.8) is 0 Å². The molecule has 0 bridgehead atoms. The van der Waals surface area contributed by atoms with E-state index in [1.807, 2.05) is 0 Å². The lowest BCUT2D eigenvalue weighted by molar-refractivity contribution is 0.305. The summed E-state index contributed by atoms with van der Waals surface area (Å²) in [5.74, 6) is 0.198. The maximum Gasteiger partial charge on any atom is 0.129 e. The van der Waals surface area contributed by atoms with E-state index < -0.39 is 0 Å². The predicted molar refractivity (Wildman–Crippen MR) is 71.3 cm³/mol. The van der Waals surface area contributed by atoms with Crippen LogP contribution < -0.4 is 10.5 Å². The molecule has 0 saturated heterocycles. The van der Waals surface area contributed by atoms with Crippen LogP contribution in [0, 0.1) is 12.7 Å². The van der Waals surface area contributed by atoms with Gasteiger partial charge in [-0.2, -0.15) is 0 Å². The molecule has 18 heavy (non-hydrogen) atoms. The summed E-state index contributed by atoms with van der Waals surface area (Å²) < 4.78 is 18.8. The van der Waals surface area contributed by atoms with Crippen LogP contribution in [-0.4, -0.2) is 0 Å². The molecule has 94 valence electrons. The summed E-state index contributed by atoms with van der Waals surface area (Å²) in [6, 6.07) is 9.96. The minimum Gasteiger partial charge on any atom is -0.489 e. The first-order valence-corrected chi connectivity index (χ1v) is 5.87. The summed E-state index contributed by atoms with van der Waals surface area (Å²) in [6.45, 7) is 1.99. The smallest absolute Gasteiger partial charge is 0.129 e. The SMILES string of the molecule is Cc1ccc(OCc2ccc(Cl)cc2N)cc1F. The third-order valence-corrected chi connectivity index (χ3v) is 2.88. The van der Waals surface area contributed by atoms with Crippen LogP contribution in [0.15, 0.2) is 36.4 Å². The molecule has 0 aromatic heterocycles. The zero-order valence-electron chi connectivity index (χ0n) is 9.91. The standard InChI is InChI=1S/C14H13ClFNO/c1-9-2-5-12(7-13(9)16)18-8-10-3-4-11(15)6-14(10)17/h2-7H,8,17H2,1H3. The minimum atomic E-state index is -0.281. The van der Waals surface area contributed by atoms with Crippen molar-refractivity contribution in [1.82, 2.24) is 0 Å². The Balaban J connectivity index is 2.09. The summed E-state index contributed by atoms with van der Waals surface area (Å²) in [7, 11) is 0. The van der Waals surface area contributed by atoms with Gasteiger partial charge in [0.25, 0.3) is 0 Å². The highest BCUT2D eigenvalue weighted by Crippen LogP contribution is 2.21. The van der Waals surface area contributed by atoms with Gasteiger partial charge in [0.1, 0.15) is 18.2 Å². The second-order valence-electron chi connectivity index (χ2n) is 4.04. The Kier molecular flexibility index (Phi) is 3.72. The van der Waals surface area contributed by atoms with Gasteiger partial charge in [-0.25, -0.2) is 4.39 Å². The molecule has 2 N–H and O–H groups in total. The molecule has 0 saturated carbocycles. The number of nitrogen functional groups attached to an aromatic ring is 1. The lowest BCUT2D eigenvalue weighted by atomic mass is 10.2. The highest BCUT2D eigenvalue weighted by atomic mass is 35.5. The van der Waals surface area contributed by atoms with Gasteiger partial charge in [0.2, 0.25) is 0 Å². The van der Waals surface area contributed by atoms with Crippen molar-refractivity contribution >= 4 is 17.3 Å². The normalized spacial score (nSPS) is 10.4. The van der Waals surface area contributed by atoms with Crippen LogP contribution in [0.1, 0.15) is 11.1 Å². The van der Waals surface area contributed by atoms with Crippen molar-refractivity contribution in [2.75, 3.05) is 5.73 Å². The zero-order valence-corrected chi connectivity index (χ0v) is 10.7. The van der Waals surface area contributed by atoms with Gasteiger partial charge >= 0.3 is 0 Å². The monoisotopic (exact) mass is 265 g/mol. The van der Waals surface area contributed by atoms with Crippen molar-refractivity contribution in [1.29, 1.82) is 0 Å². The number of rotatable bonds is 3. The highest BCUT2D eigenvalue weighted by molar-refractivity contribution is 6.30. The van der Waals surface area contributed by atoms with Gasteiger partial charge in [0.15, 0.2) is 0 Å². The fourth-order valence-corrected chi connectivity index (χ4v) is 1.70. The van der Waals surface area contributed by atoms with Crippen LogP contribution in [0.25, 0.3) is 0 Å². The molecule has 0 fully saturated rings. The third-order valence-electron chi connectivity index (χ3n) is 2.65. The third kappa shape index (κ3) is 2.93. The molecule has 0 unspecified atom stereocenters. The van der Waals surface area contributed by atoms with E-state index >= 15 is 0 Å². The Morgan fingerprint density at radius 3 is 2.67 bits per heavy atom. The first-order chi connectivity index (χ1) is 8.56. The molecule has 0 spiro atoms. The van der Waals surface area contributed by atoms with Crippen molar-refractivity contribution < 1.29 is 9.13 Å². The van der Waals surface area contributed by atoms with E-state index in [-0.39, 0.29) is 12.4 Å². The van der Waals surface area contributed by atoms with Crippen molar-refractivity contribution in [3.05, 3.63) is 58.4 Å². The molecule has 0 aliphatic carbocycles. The number of hydrogen-bond donors (Lipinski definition) is 1. The summed E-state index contributed by atoms with van der Waals surface area (Å²) in [5, 5.41) is 0.581. The van der Waals surface area contributed by atoms with Gasteiger partial charge in [-0.15, -0.1) is 0 Å². The number of nitrogens with two attached hydrogens (primary N) is 1. The zero-order chi connectivity index (χ0) is 13.1. The largest absolute Gasteiger partial charge is 0.489 e. The molecule has 2 rings (SSSR count). The fourth-order valence-electron chi connectivity index (χ4n) is 1.52. The van der Waals surface area contributed by atoms with Gasteiger partial charge in [-0.05, 0) is 30.7 Å².